The van der Waals surface area contributed by atoms with Gasteiger partial charge >= 0.3 is 0 Å². The lowest BCUT2D eigenvalue weighted by atomic mass is 10.0. The lowest BCUT2D eigenvalue weighted by molar-refractivity contribution is 0.583. The molecule has 0 saturated carbocycles. The number of hydrogen-bond donors (Lipinski definition) is 2. The van der Waals surface area contributed by atoms with Crippen molar-refractivity contribution in [3.05, 3.63) is 58.5 Å². The van der Waals surface area contributed by atoms with Gasteiger partial charge in [-0.1, -0.05) is 18.3 Å². The van der Waals surface area contributed by atoms with E-state index >= 15 is 0 Å². The maximum Gasteiger partial charge on any atom is 0.138 e. The Bertz CT molecular complexity index is 853. The summed E-state index contributed by atoms with van der Waals surface area (Å²) in [5.74, 6) is -1.24. The van der Waals surface area contributed by atoms with E-state index in [4.69, 9.17) is 12.2 Å². The highest BCUT2D eigenvalue weighted by Gasteiger charge is 2.20. The van der Waals surface area contributed by atoms with Gasteiger partial charge in [-0.05, 0) is 36.2 Å². The fourth-order valence-corrected chi connectivity index (χ4v) is 2.50. The highest BCUT2D eigenvalue weighted by Crippen LogP contribution is 2.34. The van der Waals surface area contributed by atoms with E-state index in [-0.39, 0.29) is 5.56 Å². The molecule has 0 radical (unpaired) electrons. The molecule has 2 heterocycles. The van der Waals surface area contributed by atoms with Gasteiger partial charge in [-0.25, -0.2) is 8.78 Å². The van der Waals surface area contributed by atoms with Gasteiger partial charge in [-0.2, -0.15) is 0 Å². The Hall–Kier alpha value is -2.34. The zero-order valence-electron chi connectivity index (χ0n) is 11.1. The minimum absolute atomic E-state index is 0.117. The largest absolute Gasteiger partial charge is 0.299 e. The summed E-state index contributed by atoms with van der Waals surface area (Å²) < 4.78 is 28.8. The van der Waals surface area contributed by atoms with Gasteiger partial charge < -0.3 is 0 Å². The number of pyridine rings is 1. The van der Waals surface area contributed by atoms with Crippen LogP contribution in [0.4, 0.5) is 8.78 Å². The SMILES string of the molecule is Cc1ccc(F)c(-c2[nH][nH]c(=S)c2-c2ccncc2)c1F. The molecule has 0 aliphatic heterocycles. The maximum absolute atomic E-state index is 14.3. The summed E-state index contributed by atoms with van der Waals surface area (Å²) in [7, 11) is 0. The first-order valence-electron chi connectivity index (χ1n) is 6.25. The monoisotopic (exact) mass is 303 g/mol. The van der Waals surface area contributed by atoms with Gasteiger partial charge in [0, 0.05) is 18.0 Å². The minimum atomic E-state index is -0.640. The van der Waals surface area contributed by atoms with Crippen molar-refractivity contribution in [2.24, 2.45) is 0 Å². The third kappa shape index (κ3) is 2.27. The molecule has 2 aromatic heterocycles. The van der Waals surface area contributed by atoms with Crippen molar-refractivity contribution in [2.45, 2.75) is 6.92 Å². The Labute approximate surface area is 124 Å². The van der Waals surface area contributed by atoms with Gasteiger partial charge in [-0.3, -0.25) is 15.2 Å². The van der Waals surface area contributed by atoms with E-state index in [1.165, 1.54) is 12.1 Å². The van der Waals surface area contributed by atoms with E-state index in [1.807, 2.05) is 0 Å². The maximum atomic E-state index is 14.3. The van der Waals surface area contributed by atoms with Crippen molar-refractivity contribution in [1.82, 2.24) is 15.2 Å². The number of H-pyrrole nitrogens is 2. The Morgan fingerprint density at radius 3 is 2.43 bits per heavy atom. The van der Waals surface area contributed by atoms with Crippen LogP contribution < -0.4 is 0 Å². The molecule has 21 heavy (non-hydrogen) atoms. The third-order valence-corrected chi connectivity index (χ3v) is 3.59. The number of hydrogen-bond acceptors (Lipinski definition) is 2. The van der Waals surface area contributed by atoms with Gasteiger partial charge in [0.15, 0.2) is 0 Å². The highest BCUT2D eigenvalue weighted by molar-refractivity contribution is 7.71. The van der Waals surface area contributed by atoms with Crippen molar-refractivity contribution in [3.8, 4) is 22.4 Å². The molecule has 6 heteroatoms. The number of nitrogens with zero attached hydrogens (tertiary/aromatic N) is 1. The van der Waals surface area contributed by atoms with E-state index < -0.39 is 11.6 Å². The van der Waals surface area contributed by atoms with Crippen molar-refractivity contribution >= 4 is 12.2 Å². The summed E-state index contributed by atoms with van der Waals surface area (Å²) in [5, 5.41) is 5.51. The molecule has 0 aliphatic carbocycles. The smallest absolute Gasteiger partial charge is 0.138 e. The van der Waals surface area contributed by atoms with Crippen LogP contribution in [0.1, 0.15) is 5.56 Å². The Morgan fingerprint density at radius 1 is 1.00 bits per heavy atom. The number of benzene rings is 1. The zero-order valence-corrected chi connectivity index (χ0v) is 11.9. The fourth-order valence-electron chi connectivity index (χ4n) is 2.23. The van der Waals surface area contributed by atoms with Crippen LogP contribution in [0.25, 0.3) is 22.4 Å². The van der Waals surface area contributed by atoms with Crippen LogP contribution >= 0.6 is 12.2 Å². The second-order valence-electron chi connectivity index (χ2n) is 4.62. The van der Waals surface area contributed by atoms with E-state index in [2.05, 4.69) is 15.2 Å². The first-order chi connectivity index (χ1) is 10.1. The van der Waals surface area contributed by atoms with Crippen molar-refractivity contribution in [3.63, 3.8) is 0 Å². The van der Waals surface area contributed by atoms with Crippen LogP contribution in [0, 0.1) is 23.2 Å². The molecular weight excluding hydrogens is 292 g/mol. The number of halogens is 2. The molecule has 0 amide bonds. The standard InChI is InChI=1S/C15H11F2N3S/c1-8-2-3-10(16)12(13(8)17)14-11(15(21)20-19-14)9-4-6-18-7-5-9/h2-7H,1H3,(H2,19,20,21). The molecule has 0 unspecified atom stereocenters. The molecule has 0 spiro atoms. The lowest BCUT2D eigenvalue weighted by Gasteiger charge is -2.08. The van der Waals surface area contributed by atoms with Crippen LogP contribution in [0.5, 0.6) is 0 Å². The molecule has 1 aromatic carbocycles. The van der Waals surface area contributed by atoms with Gasteiger partial charge in [0.05, 0.1) is 11.3 Å². The average Bonchev–Trinajstić information content (AvgIpc) is 2.86. The average molecular weight is 303 g/mol. The summed E-state index contributed by atoms with van der Waals surface area (Å²) in [6, 6.07) is 6.12. The number of nitrogens with one attached hydrogen (secondary N) is 2. The molecule has 0 fully saturated rings. The predicted molar refractivity (Wildman–Crippen MR) is 79.3 cm³/mol. The second kappa shape index (κ2) is 5.21. The van der Waals surface area contributed by atoms with Crippen molar-refractivity contribution in [2.75, 3.05) is 0 Å². The molecule has 3 rings (SSSR count). The number of aromatic amines is 2. The molecular formula is C15H11F2N3S. The highest BCUT2D eigenvalue weighted by atomic mass is 32.1. The Balaban J connectivity index is 2.32. The summed E-state index contributed by atoms with van der Waals surface area (Å²) in [6.07, 6.45) is 3.20. The minimum Gasteiger partial charge on any atom is -0.299 e. The number of aryl methyl sites for hydroxylation is 1. The van der Waals surface area contributed by atoms with Crippen LogP contribution in [0.2, 0.25) is 0 Å². The molecule has 2 N–H and O–H groups in total. The van der Waals surface area contributed by atoms with Crippen LogP contribution in [-0.4, -0.2) is 15.2 Å². The molecule has 3 nitrogen and oxygen atoms in total. The van der Waals surface area contributed by atoms with E-state index in [0.717, 1.165) is 5.56 Å². The molecule has 0 atom stereocenters. The first-order valence-corrected chi connectivity index (χ1v) is 6.66. The molecule has 0 aliphatic rings. The van der Waals surface area contributed by atoms with Crippen molar-refractivity contribution in [1.29, 1.82) is 0 Å². The van der Waals surface area contributed by atoms with Gasteiger partial charge in [0.1, 0.15) is 16.3 Å². The fraction of sp³-hybridized carbons (Fsp3) is 0.0667. The summed E-state index contributed by atoms with van der Waals surface area (Å²) in [5.41, 5.74) is 1.84. The predicted octanol–water partition coefficient (Wildman–Crippen LogP) is 4.39. The second-order valence-corrected chi connectivity index (χ2v) is 5.03. The van der Waals surface area contributed by atoms with Crippen molar-refractivity contribution < 1.29 is 8.78 Å². The van der Waals surface area contributed by atoms with Crippen LogP contribution in [0.15, 0.2) is 36.7 Å². The third-order valence-electron chi connectivity index (χ3n) is 3.28. The van der Waals surface area contributed by atoms with Gasteiger partial charge in [-0.15, -0.1) is 0 Å². The lowest BCUT2D eigenvalue weighted by Crippen LogP contribution is -1.95. The number of rotatable bonds is 2. The molecule has 106 valence electrons. The van der Waals surface area contributed by atoms with Crippen LogP contribution in [0.3, 0.4) is 0 Å². The van der Waals surface area contributed by atoms with Gasteiger partial charge in [0.2, 0.25) is 0 Å². The topological polar surface area (TPSA) is 44.5 Å². The molecule has 3 aromatic rings. The summed E-state index contributed by atoms with van der Waals surface area (Å²) >= 11 is 5.22. The normalized spacial score (nSPS) is 10.8. The molecule has 0 saturated heterocycles. The first kappa shape index (κ1) is 13.6. The Morgan fingerprint density at radius 2 is 1.71 bits per heavy atom. The number of aromatic nitrogens is 3. The Kier molecular flexibility index (Phi) is 3.39. The van der Waals surface area contributed by atoms with Crippen LogP contribution in [-0.2, 0) is 0 Å². The van der Waals surface area contributed by atoms with E-state index in [0.29, 0.717) is 21.5 Å². The zero-order chi connectivity index (χ0) is 15.0. The summed E-state index contributed by atoms with van der Waals surface area (Å²) in [6.45, 7) is 1.59. The summed E-state index contributed by atoms with van der Waals surface area (Å²) in [4.78, 5) is 3.93. The van der Waals surface area contributed by atoms with Gasteiger partial charge in [0.25, 0.3) is 0 Å². The van der Waals surface area contributed by atoms with E-state index in [1.54, 1.807) is 31.5 Å². The quantitative estimate of drug-likeness (QED) is 0.690. The van der Waals surface area contributed by atoms with E-state index in [9.17, 15) is 8.78 Å². The molecule has 0 bridgehead atoms.